The Morgan fingerprint density at radius 3 is 2.45 bits per heavy atom. The molecule has 0 heterocycles. The summed E-state index contributed by atoms with van der Waals surface area (Å²) in [6.45, 7) is 3.98. The molecule has 0 bridgehead atoms. The van der Waals surface area contributed by atoms with Crippen molar-refractivity contribution in [1.29, 1.82) is 0 Å². The van der Waals surface area contributed by atoms with E-state index in [9.17, 15) is 9.90 Å². The molecule has 0 aromatic heterocycles. The molecule has 0 radical (unpaired) electrons. The second-order valence-corrected chi connectivity index (χ2v) is 4.75. The smallest absolute Gasteiger partial charge is 0.339 e. The number of hydrogen-bond acceptors (Lipinski definition) is 2. The van der Waals surface area contributed by atoms with E-state index < -0.39 is 5.97 Å². The normalized spacial score (nSPS) is 10.3. The van der Waals surface area contributed by atoms with Gasteiger partial charge in [0.1, 0.15) is 17.1 Å². The lowest BCUT2D eigenvalue weighted by Crippen LogP contribution is -2.01. The number of carbonyl (C=O) groups is 1. The van der Waals surface area contributed by atoms with Gasteiger partial charge in [-0.2, -0.15) is 0 Å². The lowest BCUT2D eigenvalue weighted by atomic mass is 10.1. The van der Waals surface area contributed by atoms with Crippen LogP contribution in [-0.4, -0.2) is 11.1 Å². The predicted molar refractivity (Wildman–Crippen MR) is 78.6 cm³/mol. The van der Waals surface area contributed by atoms with Crippen LogP contribution in [0.2, 0.25) is 0 Å². The maximum Gasteiger partial charge on any atom is 0.339 e. The number of rotatable bonds is 5. The molecule has 104 valence electrons. The molecule has 0 atom stereocenters. The molecule has 2 aromatic rings. The molecule has 3 heteroatoms. The predicted octanol–water partition coefficient (Wildman–Crippen LogP) is 4.44. The molecule has 1 N–H and O–H groups in total. The van der Waals surface area contributed by atoms with Gasteiger partial charge >= 0.3 is 5.97 Å². The number of carboxylic acids is 1. The van der Waals surface area contributed by atoms with Crippen molar-refractivity contribution in [1.82, 2.24) is 0 Å². The maximum atomic E-state index is 11.2. The van der Waals surface area contributed by atoms with Crippen LogP contribution in [0.3, 0.4) is 0 Å². The zero-order valence-corrected chi connectivity index (χ0v) is 11.7. The first-order valence-electron chi connectivity index (χ1n) is 6.71. The Kier molecular flexibility index (Phi) is 4.41. The summed E-state index contributed by atoms with van der Waals surface area (Å²) >= 11 is 0. The number of benzene rings is 2. The van der Waals surface area contributed by atoms with Crippen LogP contribution in [0.15, 0.2) is 42.5 Å². The summed E-state index contributed by atoms with van der Waals surface area (Å²) in [6.07, 6.45) is 2.13. The first-order valence-corrected chi connectivity index (χ1v) is 6.71. The van der Waals surface area contributed by atoms with Crippen molar-refractivity contribution in [3.8, 4) is 11.5 Å². The van der Waals surface area contributed by atoms with E-state index in [2.05, 4.69) is 6.92 Å². The van der Waals surface area contributed by atoms with Crippen LogP contribution in [0.4, 0.5) is 0 Å². The van der Waals surface area contributed by atoms with Crippen molar-refractivity contribution in [2.45, 2.75) is 26.7 Å². The Hall–Kier alpha value is -2.29. The first-order chi connectivity index (χ1) is 9.61. The summed E-state index contributed by atoms with van der Waals surface area (Å²) in [5, 5.41) is 9.20. The van der Waals surface area contributed by atoms with Gasteiger partial charge in [-0.25, -0.2) is 4.79 Å². The van der Waals surface area contributed by atoms with E-state index in [0.717, 1.165) is 18.4 Å². The largest absolute Gasteiger partial charge is 0.478 e. The molecule has 2 rings (SSSR count). The Bertz CT molecular complexity index is 600. The van der Waals surface area contributed by atoms with Crippen LogP contribution in [-0.2, 0) is 6.42 Å². The zero-order chi connectivity index (χ0) is 14.5. The molecule has 0 aliphatic carbocycles. The van der Waals surface area contributed by atoms with Crippen molar-refractivity contribution in [2.75, 3.05) is 0 Å². The SMILES string of the molecule is CCCc1ccc(Oc2c(C)cccc2C(=O)O)cc1. The molecule has 0 spiro atoms. The molecule has 0 aliphatic heterocycles. The van der Waals surface area contributed by atoms with E-state index in [0.29, 0.717) is 11.5 Å². The highest BCUT2D eigenvalue weighted by Crippen LogP contribution is 2.29. The number of aryl methyl sites for hydroxylation is 2. The van der Waals surface area contributed by atoms with E-state index in [-0.39, 0.29) is 5.56 Å². The van der Waals surface area contributed by atoms with Gasteiger partial charge in [0.2, 0.25) is 0 Å². The van der Waals surface area contributed by atoms with Gasteiger partial charge in [-0.1, -0.05) is 37.6 Å². The van der Waals surface area contributed by atoms with Crippen molar-refractivity contribution in [3.63, 3.8) is 0 Å². The molecule has 0 saturated heterocycles. The molecular weight excluding hydrogens is 252 g/mol. The third-order valence-electron chi connectivity index (χ3n) is 3.12. The third kappa shape index (κ3) is 3.18. The maximum absolute atomic E-state index is 11.2. The van der Waals surface area contributed by atoms with Gasteiger partial charge in [0.05, 0.1) is 0 Å². The van der Waals surface area contributed by atoms with E-state index >= 15 is 0 Å². The number of aromatic carboxylic acids is 1. The van der Waals surface area contributed by atoms with Crippen molar-refractivity contribution < 1.29 is 14.6 Å². The Balaban J connectivity index is 2.27. The van der Waals surface area contributed by atoms with Crippen LogP contribution in [0, 0.1) is 6.92 Å². The minimum absolute atomic E-state index is 0.183. The quantitative estimate of drug-likeness (QED) is 0.873. The molecule has 0 amide bonds. The summed E-state index contributed by atoms with van der Waals surface area (Å²) in [6, 6.07) is 12.9. The fourth-order valence-electron chi connectivity index (χ4n) is 2.09. The van der Waals surface area contributed by atoms with Gasteiger partial charge in [0.25, 0.3) is 0 Å². The first kappa shape index (κ1) is 14.1. The number of carboxylic acid groups (broad SMARTS) is 1. The molecule has 2 aromatic carbocycles. The summed E-state index contributed by atoms with van der Waals surface area (Å²) in [5.41, 5.74) is 2.24. The van der Waals surface area contributed by atoms with Crippen LogP contribution in [0.5, 0.6) is 11.5 Å². The average Bonchev–Trinajstić information content (AvgIpc) is 2.43. The molecule has 0 fully saturated rings. The van der Waals surface area contributed by atoms with Gasteiger partial charge in [-0.05, 0) is 42.7 Å². The summed E-state index contributed by atoms with van der Waals surface area (Å²) < 4.78 is 5.75. The highest BCUT2D eigenvalue weighted by atomic mass is 16.5. The van der Waals surface area contributed by atoms with Gasteiger partial charge in [0, 0.05) is 0 Å². The van der Waals surface area contributed by atoms with Crippen LogP contribution in [0.25, 0.3) is 0 Å². The molecule has 0 aliphatic rings. The molecular formula is C17H18O3. The van der Waals surface area contributed by atoms with Crippen LogP contribution < -0.4 is 4.74 Å². The summed E-state index contributed by atoms with van der Waals surface area (Å²) in [4.78, 5) is 11.2. The van der Waals surface area contributed by atoms with Crippen molar-refractivity contribution in [3.05, 3.63) is 59.2 Å². The average molecular weight is 270 g/mol. The molecule has 3 nitrogen and oxygen atoms in total. The summed E-state index contributed by atoms with van der Waals surface area (Å²) in [5.74, 6) is 0.0798. The minimum Gasteiger partial charge on any atom is -0.478 e. The van der Waals surface area contributed by atoms with Gasteiger partial charge in [0.15, 0.2) is 0 Å². The standard InChI is InChI=1S/C17H18O3/c1-3-5-13-8-10-14(11-9-13)20-16-12(2)6-4-7-15(16)17(18)19/h4,6-11H,3,5H2,1-2H3,(H,18,19). The lowest BCUT2D eigenvalue weighted by Gasteiger charge is -2.12. The fourth-order valence-corrected chi connectivity index (χ4v) is 2.09. The highest BCUT2D eigenvalue weighted by molar-refractivity contribution is 5.91. The second-order valence-electron chi connectivity index (χ2n) is 4.75. The van der Waals surface area contributed by atoms with Crippen molar-refractivity contribution >= 4 is 5.97 Å². The zero-order valence-electron chi connectivity index (χ0n) is 11.7. The fraction of sp³-hybridized carbons (Fsp3) is 0.235. The molecule has 0 saturated carbocycles. The van der Waals surface area contributed by atoms with Gasteiger partial charge in [-0.3, -0.25) is 0 Å². The monoisotopic (exact) mass is 270 g/mol. The van der Waals surface area contributed by atoms with E-state index in [1.54, 1.807) is 12.1 Å². The highest BCUT2D eigenvalue weighted by Gasteiger charge is 2.14. The van der Waals surface area contributed by atoms with E-state index in [1.165, 1.54) is 5.56 Å². The van der Waals surface area contributed by atoms with Crippen LogP contribution in [0.1, 0.15) is 34.8 Å². The Morgan fingerprint density at radius 1 is 1.15 bits per heavy atom. The Labute approximate surface area is 118 Å². The molecule has 20 heavy (non-hydrogen) atoms. The number of para-hydroxylation sites is 1. The lowest BCUT2D eigenvalue weighted by molar-refractivity contribution is 0.0694. The summed E-state index contributed by atoms with van der Waals surface area (Å²) in [7, 11) is 0. The topological polar surface area (TPSA) is 46.5 Å². The van der Waals surface area contributed by atoms with Gasteiger partial charge in [-0.15, -0.1) is 0 Å². The van der Waals surface area contributed by atoms with E-state index in [4.69, 9.17) is 4.74 Å². The van der Waals surface area contributed by atoms with E-state index in [1.807, 2.05) is 37.3 Å². The van der Waals surface area contributed by atoms with Crippen LogP contribution >= 0.6 is 0 Å². The number of ether oxygens (including phenoxy) is 1. The Morgan fingerprint density at radius 2 is 1.85 bits per heavy atom. The number of hydrogen-bond donors (Lipinski definition) is 1. The third-order valence-corrected chi connectivity index (χ3v) is 3.12. The van der Waals surface area contributed by atoms with Crippen molar-refractivity contribution in [2.24, 2.45) is 0 Å². The molecule has 0 unspecified atom stereocenters. The second kappa shape index (κ2) is 6.24. The van der Waals surface area contributed by atoms with Gasteiger partial charge < -0.3 is 9.84 Å². The minimum atomic E-state index is -0.980.